The Labute approximate surface area is 224 Å². The number of unbranched alkanes of at least 4 members (excludes halogenated alkanes) is 16. The maximum absolute atomic E-state index is 12.6. The first-order valence-electron chi connectivity index (χ1n) is 15.9. The molecule has 0 amide bonds. The van der Waals surface area contributed by atoms with Crippen molar-refractivity contribution in [1.29, 1.82) is 0 Å². The first-order chi connectivity index (χ1) is 17.4. The van der Waals surface area contributed by atoms with Crippen LogP contribution in [0.4, 0.5) is 0 Å². The molecule has 4 heteroatoms. The zero-order chi connectivity index (χ0) is 26.9. The van der Waals surface area contributed by atoms with Crippen LogP contribution in [0, 0.1) is 11.3 Å². The van der Waals surface area contributed by atoms with Gasteiger partial charge in [-0.15, -0.1) is 0 Å². The summed E-state index contributed by atoms with van der Waals surface area (Å²) in [5.74, 6) is -1.92. The summed E-state index contributed by atoms with van der Waals surface area (Å²) in [6.07, 6.45) is 27.5. The Morgan fingerprint density at radius 2 is 0.861 bits per heavy atom. The number of hydrogen-bond acceptors (Lipinski definition) is 2. The molecule has 0 rings (SSSR count). The third-order valence-corrected chi connectivity index (χ3v) is 8.26. The molecule has 0 bridgehead atoms. The first-order valence-corrected chi connectivity index (χ1v) is 15.9. The molecule has 0 spiro atoms. The van der Waals surface area contributed by atoms with Crippen LogP contribution in [-0.2, 0) is 9.59 Å². The fourth-order valence-electron chi connectivity index (χ4n) is 6.00. The first kappa shape index (κ1) is 34.9. The molecule has 0 aromatic rings. The summed E-state index contributed by atoms with van der Waals surface area (Å²) in [7, 11) is 0. The van der Waals surface area contributed by atoms with Crippen molar-refractivity contribution in [2.45, 2.75) is 181 Å². The van der Waals surface area contributed by atoms with Gasteiger partial charge in [-0.05, 0) is 37.5 Å². The van der Waals surface area contributed by atoms with Crippen LogP contribution in [0.3, 0.4) is 0 Å². The van der Waals surface area contributed by atoms with Gasteiger partial charge in [0.15, 0.2) is 0 Å². The number of carboxylic acids is 2. The van der Waals surface area contributed by atoms with Crippen LogP contribution in [0.2, 0.25) is 0 Å². The van der Waals surface area contributed by atoms with Gasteiger partial charge in [0.1, 0.15) is 0 Å². The second kappa shape index (κ2) is 24.3. The van der Waals surface area contributed by atoms with Crippen molar-refractivity contribution in [3.63, 3.8) is 0 Å². The van der Waals surface area contributed by atoms with Crippen molar-refractivity contribution in [3.05, 3.63) is 0 Å². The second-order valence-electron chi connectivity index (χ2n) is 11.4. The Morgan fingerprint density at radius 3 is 1.17 bits per heavy atom. The predicted molar refractivity (Wildman–Crippen MR) is 154 cm³/mol. The van der Waals surface area contributed by atoms with Crippen molar-refractivity contribution in [1.82, 2.24) is 0 Å². The minimum absolute atomic E-state index is 0.0747. The Balaban J connectivity index is 5.38. The smallest absolute Gasteiger partial charge is 0.307 e. The minimum atomic E-state index is -0.816. The van der Waals surface area contributed by atoms with Crippen LogP contribution in [0.1, 0.15) is 181 Å². The lowest BCUT2D eigenvalue weighted by atomic mass is 9.64. The third-order valence-electron chi connectivity index (χ3n) is 8.26. The number of rotatable bonds is 28. The van der Waals surface area contributed by atoms with Gasteiger partial charge in [-0.2, -0.15) is 0 Å². The zero-order valence-electron chi connectivity index (χ0n) is 24.5. The average Bonchev–Trinajstić information content (AvgIpc) is 2.84. The Kier molecular flexibility index (Phi) is 23.6. The summed E-state index contributed by atoms with van der Waals surface area (Å²) in [5, 5.41) is 19.5. The van der Waals surface area contributed by atoms with E-state index in [9.17, 15) is 19.8 Å². The molecular weight excluding hydrogens is 448 g/mol. The normalized spacial score (nSPS) is 12.6. The maximum atomic E-state index is 12.6. The third kappa shape index (κ3) is 18.2. The molecule has 0 aliphatic carbocycles. The van der Waals surface area contributed by atoms with Gasteiger partial charge in [0.2, 0.25) is 0 Å². The van der Waals surface area contributed by atoms with E-state index in [1.54, 1.807) is 0 Å². The second-order valence-corrected chi connectivity index (χ2v) is 11.4. The van der Waals surface area contributed by atoms with E-state index in [1.807, 2.05) is 0 Å². The fraction of sp³-hybridized carbons (Fsp3) is 0.938. The lowest BCUT2D eigenvalue weighted by Gasteiger charge is -2.40. The molecule has 1 unspecified atom stereocenters. The van der Waals surface area contributed by atoms with Crippen LogP contribution >= 0.6 is 0 Å². The Bertz CT molecular complexity index is 500. The summed E-state index contributed by atoms with van der Waals surface area (Å²) in [6.45, 7) is 6.72. The Morgan fingerprint density at radius 1 is 0.528 bits per heavy atom. The highest BCUT2D eigenvalue weighted by molar-refractivity contribution is 5.71. The van der Waals surface area contributed by atoms with E-state index in [1.165, 1.54) is 103 Å². The van der Waals surface area contributed by atoms with E-state index >= 15 is 0 Å². The molecule has 0 heterocycles. The van der Waals surface area contributed by atoms with Gasteiger partial charge < -0.3 is 10.2 Å². The van der Waals surface area contributed by atoms with Gasteiger partial charge in [-0.1, -0.05) is 143 Å². The predicted octanol–water partition coefficient (Wildman–Crippen LogP) is 10.6. The summed E-state index contributed by atoms with van der Waals surface area (Å²) in [5.41, 5.74) is -0.177. The van der Waals surface area contributed by atoms with Crippen LogP contribution in [-0.4, -0.2) is 22.2 Å². The molecule has 0 aromatic heterocycles. The highest BCUT2D eigenvalue weighted by Gasteiger charge is 2.41. The summed E-state index contributed by atoms with van der Waals surface area (Å²) < 4.78 is 0. The van der Waals surface area contributed by atoms with Crippen molar-refractivity contribution in [2.24, 2.45) is 11.3 Å². The average molecular weight is 511 g/mol. The molecule has 0 saturated heterocycles. The lowest BCUT2D eigenvalue weighted by Crippen LogP contribution is -2.36. The summed E-state index contributed by atoms with van der Waals surface area (Å²) in [6, 6.07) is 0. The van der Waals surface area contributed by atoms with Gasteiger partial charge in [0.25, 0.3) is 0 Å². The van der Waals surface area contributed by atoms with E-state index in [4.69, 9.17) is 0 Å². The Hall–Kier alpha value is -1.06. The lowest BCUT2D eigenvalue weighted by molar-refractivity contribution is -0.149. The van der Waals surface area contributed by atoms with E-state index in [-0.39, 0.29) is 11.8 Å². The monoisotopic (exact) mass is 510 g/mol. The van der Waals surface area contributed by atoms with Crippen molar-refractivity contribution in [2.75, 3.05) is 0 Å². The molecule has 0 fully saturated rings. The quantitative estimate of drug-likeness (QED) is 0.103. The standard InChI is InChI=1S/C32H62O4/c1-4-7-10-13-16-19-22-28-32(26-20-17-14-11-8-5-2,27-21-18-15-12-9-6-3)29(31(35)36)24-23-25-30(33)34/h29H,4-28H2,1-3H3,(H,33,34)(H,35,36). The van der Waals surface area contributed by atoms with Gasteiger partial charge in [-0.3, -0.25) is 9.59 Å². The molecule has 0 radical (unpaired) electrons. The summed E-state index contributed by atoms with van der Waals surface area (Å²) in [4.78, 5) is 23.8. The number of carboxylic acid groups (broad SMARTS) is 2. The highest BCUT2D eigenvalue weighted by Crippen LogP contribution is 2.46. The maximum Gasteiger partial charge on any atom is 0.307 e. The van der Waals surface area contributed by atoms with E-state index < -0.39 is 17.9 Å². The van der Waals surface area contributed by atoms with Gasteiger partial charge in [-0.25, -0.2) is 0 Å². The van der Waals surface area contributed by atoms with Crippen LogP contribution < -0.4 is 0 Å². The molecular formula is C32H62O4. The van der Waals surface area contributed by atoms with Crippen LogP contribution in [0.25, 0.3) is 0 Å². The molecule has 36 heavy (non-hydrogen) atoms. The number of carbonyl (C=O) groups is 2. The number of hydrogen-bond donors (Lipinski definition) is 2. The van der Waals surface area contributed by atoms with Gasteiger partial charge in [0, 0.05) is 6.42 Å². The largest absolute Gasteiger partial charge is 0.481 e. The molecule has 4 nitrogen and oxygen atoms in total. The molecule has 0 aliphatic rings. The van der Waals surface area contributed by atoms with Gasteiger partial charge >= 0.3 is 11.9 Å². The van der Waals surface area contributed by atoms with E-state index in [0.717, 1.165) is 38.5 Å². The number of aliphatic carboxylic acids is 2. The van der Waals surface area contributed by atoms with Gasteiger partial charge in [0.05, 0.1) is 5.92 Å². The molecule has 0 aliphatic heterocycles. The zero-order valence-corrected chi connectivity index (χ0v) is 24.5. The molecule has 214 valence electrons. The SMILES string of the molecule is CCCCCCCCCC(CCCCCCCC)(CCCCCCCC)C(CCCC(=O)O)C(=O)O. The van der Waals surface area contributed by atoms with Crippen LogP contribution in [0.5, 0.6) is 0 Å². The van der Waals surface area contributed by atoms with E-state index in [2.05, 4.69) is 20.8 Å². The molecule has 2 N–H and O–H groups in total. The molecule has 1 atom stereocenters. The molecule has 0 saturated carbocycles. The van der Waals surface area contributed by atoms with Crippen molar-refractivity contribution in [3.8, 4) is 0 Å². The van der Waals surface area contributed by atoms with Crippen molar-refractivity contribution >= 4 is 11.9 Å². The van der Waals surface area contributed by atoms with Crippen molar-refractivity contribution < 1.29 is 19.8 Å². The summed E-state index contributed by atoms with van der Waals surface area (Å²) >= 11 is 0. The van der Waals surface area contributed by atoms with Crippen LogP contribution in [0.15, 0.2) is 0 Å². The highest BCUT2D eigenvalue weighted by atomic mass is 16.4. The minimum Gasteiger partial charge on any atom is -0.481 e. The van der Waals surface area contributed by atoms with E-state index in [0.29, 0.717) is 12.8 Å². The topological polar surface area (TPSA) is 74.6 Å². The fourth-order valence-corrected chi connectivity index (χ4v) is 6.00. The molecule has 0 aromatic carbocycles.